The Kier molecular flexibility index (Phi) is 3.24. The fourth-order valence-corrected chi connectivity index (χ4v) is 2.07. The van der Waals surface area contributed by atoms with Crippen LogP contribution in [-0.4, -0.2) is 34.0 Å². The van der Waals surface area contributed by atoms with Gasteiger partial charge in [-0.25, -0.2) is 14.8 Å². The minimum atomic E-state index is 0.00547. The van der Waals surface area contributed by atoms with E-state index >= 15 is 0 Å². The molecule has 5 nitrogen and oxygen atoms in total. The molecule has 0 N–H and O–H groups in total. The zero-order valence-electron chi connectivity index (χ0n) is 11.6. The van der Waals surface area contributed by atoms with Crippen LogP contribution in [0.5, 0.6) is 0 Å². The first-order chi connectivity index (χ1) is 8.41. The molecule has 0 unspecified atom stereocenters. The van der Waals surface area contributed by atoms with E-state index in [0.717, 1.165) is 17.2 Å². The molecule has 0 radical (unpaired) electrons. The van der Waals surface area contributed by atoms with Crippen LogP contribution in [0.15, 0.2) is 6.20 Å². The zero-order valence-corrected chi connectivity index (χ0v) is 11.6. The fourth-order valence-electron chi connectivity index (χ4n) is 2.07. The summed E-state index contributed by atoms with van der Waals surface area (Å²) in [6.45, 7) is 8.68. The summed E-state index contributed by atoms with van der Waals surface area (Å²) in [4.78, 5) is 24.6. The molecule has 0 aromatic carbocycles. The molecular weight excluding hydrogens is 228 g/mol. The molecular formula is C13H20N4O. The molecule has 0 saturated heterocycles. The van der Waals surface area contributed by atoms with Gasteiger partial charge in [-0.3, -0.25) is 4.90 Å². The van der Waals surface area contributed by atoms with Crippen molar-refractivity contribution in [1.29, 1.82) is 0 Å². The second-order valence-corrected chi connectivity index (χ2v) is 5.33. The molecule has 0 saturated carbocycles. The number of hydrogen-bond acceptors (Lipinski definition) is 3. The SMILES string of the molecule is CC(C)c1ncc2c(n1)N(C(C)C)C(=O)N(C)C2. The summed E-state index contributed by atoms with van der Waals surface area (Å²) in [7, 11) is 1.80. The van der Waals surface area contributed by atoms with E-state index in [0.29, 0.717) is 6.54 Å². The van der Waals surface area contributed by atoms with Crippen molar-refractivity contribution in [3.8, 4) is 0 Å². The predicted molar refractivity (Wildman–Crippen MR) is 70.6 cm³/mol. The Morgan fingerprint density at radius 1 is 1.28 bits per heavy atom. The van der Waals surface area contributed by atoms with Gasteiger partial charge in [0.05, 0.1) is 6.54 Å². The number of anilines is 1. The molecule has 0 bridgehead atoms. The monoisotopic (exact) mass is 248 g/mol. The number of urea groups is 1. The highest BCUT2D eigenvalue weighted by molar-refractivity contribution is 5.93. The van der Waals surface area contributed by atoms with Gasteiger partial charge in [0, 0.05) is 30.8 Å². The standard InChI is InChI=1S/C13H20N4O/c1-8(2)11-14-6-10-7-16(5)13(18)17(9(3)4)12(10)15-11/h6,8-9H,7H2,1-5H3. The van der Waals surface area contributed by atoms with Crippen molar-refractivity contribution in [3.05, 3.63) is 17.6 Å². The van der Waals surface area contributed by atoms with Crippen molar-refractivity contribution < 1.29 is 4.79 Å². The van der Waals surface area contributed by atoms with Crippen molar-refractivity contribution in [3.63, 3.8) is 0 Å². The molecule has 18 heavy (non-hydrogen) atoms. The lowest BCUT2D eigenvalue weighted by Gasteiger charge is -2.36. The highest BCUT2D eigenvalue weighted by atomic mass is 16.2. The van der Waals surface area contributed by atoms with Crippen molar-refractivity contribution >= 4 is 11.8 Å². The summed E-state index contributed by atoms with van der Waals surface area (Å²) in [5.74, 6) is 1.82. The number of hydrogen-bond donors (Lipinski definition) is 0. The van der Waals surface area contributed by atoms with Crippen molar-refractivity contribution in [2.75, 3.05) is 11.9 Å². The van der Waals surface area contributed by atoms with Gasteiger partial charge in [0.2, 0.25) is 0 Å². The summed E-state index contributed by atoms with van der Waals surface area (Å²) in [5, 5.41) is 0. The second-order valence-electron chi connectivity index (χ2n) is 5.33. The van der Waals surface area contributed by atoms with Gasteiger partial charge in [0.25, 0.3) is 0 Å². The molecule has 2 heterocycles. The average Bonchev–Trinajstić information content (AvgIpc) is 2.29. The predicted octanol–water partition coefficient (Wildman–Crippen LogP) is 2.38. The largest absolute Gasteiger partial charge is 0.325 e. The second kappa shape index (κ2) is 4.55. The Labute approximate surface area is 108 Å². The first-order valence-corrected chi connectivity index (χ1v) is 6.32. The normalized spacial score (nSPS) is 15.6. The van der Waals surface area contributed by atoms with E-state index < -0.39 is 0 Å². The molecule has 1 aromatic heterocycles. The number of aromatic nitrogens is 2. The zero-order chi connectivity index (χ0) is 13.4. The summed E-state index contributed by atoms with van der Waals surface area (Å²) >= 11 is 0. The smallest absolute Gasteiger partial charge is 0.323 e. The summed E-state index contributed by atoms with van der Waals surface area (Å²) < 4.78 is 0. The molecule has 0 atom stereocenters. The van der Waals surface area contributed by atoms with E-state index in [9.17, 15) is 4.79 Å². The van der Waals surface area contributed by atoms with Gasteiger partial charge >= 0.3 is 6.03 Å². The first kappa shape index (κ1) is 12.8. The maximum Gasteiger partial charge on any atom is 0.325 e. The van der Waals surface area contributed by atoms with Gasteiger partial charge in [-0.2, -0.15) is 0 Å². The Bertz CT molecular complexity index is 470. The number of nitrogens with zero attached hydrogens (tertiary/aromatic N) is 4. The van der Waals surface area contributed by atoms with Crippen LogP contribution in [-0.2, 0) is 6.54 Å². The molecule has 5 heteroatoms. The van der Waals surface area contributed by atoms with Crippen molar-refractivity contribution in [1.82, 2.24) is 14.9 Å². The number of rotatable bonds is 2. The van der Waals surface area contributed by atoms with Crippen LogP contribution in [0.4, 0.5) is 10.6 Å². The molecule has 2 rings (SSSR count). The van der Waals surface area contributed by atoms with E-state index in [1.165, 1.54) is 0 Å². The van der Waals surface area contributed by atoms with Crippen LogP contribution in [0.3, 0.4) is 0 Å². The lowest BCUT2D eigenvalue weighted by Crippen LogP contribution is -2.49. The van der Waals surface area contributed by atoms with Crippen LogP contribution in [0.25, 0.3) is 0 Å². The maximum atomic E-state index is 12.2. The highest BCUT2D eigenvalue weighted by Gasteiger charge is 2.31. The quantitative estimate of drug-likeness (QED) is 0.807. The molecule has 1 aliphatic rings. The molecule has 0 spiro atoms. The Morgan fingerprint density at radius 2 is 1.94 bits per heavy atom. The van der Waals surface area contributed by atoms with Crippen LogP contribution in [0.2, 0.25) is 0 Å². The minimum absolute atomic E-state index is 0.00547. The maximum absolute atomic E-state index is 12.2. The molecule has 0 fully saturated rings. The van der Waals surface area contributed by atoms with E-state index in [1.54, 1.807) is 16.8 Å². The lowest BCUT2D eigenvalue weighted by molar-refractivity contribution is 0.208. The summed E-state index contributed by atoms with van der Waals surface area (Å²) in [6.07, 6.45) is 1.84. The third kappa shape index (κ3) is 2.05. The van der Waals surface area contributed by atoms with Gasteiger partial charge in [-0.05, 0) is 13.8 Å². The molecule has 0 aliphatic carbocycles. The fraction of sp³-hybridized carbons (Fsp3) is 0.615. The third-order valence-corrected chi connectivity index (χ3v) is 3.06. The van der Waals surface area contributed by atoms with E-state index in [4.69, 9.17) is 0 Å². The van der Waals surface area contributed by atoms with E-state index in [-0.39, 0.29) is 18.0 Å². The Balaban J connectivity index is 2.52. The summed E-state index contributed by atoms with van der Waals surface area (Å²) in [5.41, 5.74) is 1.01. The van der Waals surface area contributed by atoms with Gasteiger partial charge in [-0.15, -0.1) is 0 Å². The van der Waals surface area contributed by atoms with Crippen LogP contribution < -0.4 is 4.90 Å². The molecule has 98 valence electrons. The average molecular weight is 248 g/mol. The topological polar surface area (TPSA) is 49.3 Å². The summed E-state index contributed by atoms with van der Waals surface area (Å²) in [6, 6.07) is 0.0971. The highest BCUT2D eigenvalue weighted by Crippen LogP contribution is 2.28. The lowest BCUT2D eigenvalue weighted by atomic mass is 10.1. The van der Waals surface area contributed by atoms with Crippen molar-refractivity contribution in [2.24, 2.45) is 0 Å². The number of carbonyl (C=O) groups is 1. The Hall–Kier alpha value is -1.65. The molecule has 1 aromatic rings. The van der Waals surface area contributed by atoms with Gasteiger partial charge in [0.15, 0.2) is 0 Å². The molecule has 1 aliphatic heterocycles. The van der Waals surface area contributed by atoms with E-state index in [1.807, 2.05) is 20.0 Å². The number of carbonyl (C=O) groups excluding carboxylic acids is 1. The van der Waals surface area contributed by atoms with E-state index in [2.05, 4.69) is 23.8 Å². The number of amides is 2. The van der Waals surface area contributed by atoms with Crippen LogP contribution >= 0.6 is 0 Å². The van der Waals surface area contributed by atoms with Gasteiger partial charge < -0.3 is 4.90 Å². The minimum Gasteiger partial charge on any atom is -0.323 e. The Morgan fingerprint density at radius 3 is 2.50 bits per heavy atom. The van der Waals surface area contributed by atoms with Crippen LogP contribution in [0.1, 0.15) is 45.0 Å². The van der Waals surface area contributed by atoms with Gasteiger partial charge in [0.1, 0.15) is 11.6 Å². The van der Waals surface area contributed by atoms with Gasteiger partial charge in [-0.1, -0.05) is 13.8 Å². The molecule has 2 amide bonds. The number of fused-ring (bicyclic) bond motifs is 1. The third-order valence-electron chi connectivity index (χ3n) is 3.06. The van der Waals surface area contributed by atoms with Crippen molar-refractivity contribution in [2.45, 2.75) is 46.2 Å². The van der Waals surface area contributed by atoms with Crippen LogP contribution in [0, 0.1) is 0 Å². The first-order valence-electron chi connectivity index (χ1n) is 6.32.